The highest BCUT2D eigenvalue weighted by atomic mass is 19.1. The van der Waals surface area contributed by atoms with Crippen LogP contribution in [0.2, 0.25) is 0 Å². The molecule has 1 aromatic carbocycles. The number of halogens is 1. The van der Waals surface area contributed by atoms with Crippen molar-refractivity contribution in [3.63, 3.8) is 0 Å². The number of fused-ring (bicyclic) bond motifs is 1. The molecular weight excluding hydrogens is 305 g/mol. The zero-order valence-electron chi connectivity index (χ0n) is 13.2. The van der Waals surface area contributed by atoms with Gasteiger partial charge < -0.3 is 9.88 Å². The summed E-state index contributed by atoms with van der Waals surface area (Å²) in [6, 6.07) is 9.80. The molecule has 1 amide bonds. The summed E-state index contributed by atoms with van der Waals surface area (Å²) in [5.74, 6) is 0.0902. The van der Waals surface area contributed by atoms with E-state index in [1.54, 1.807) is 18.3 Å². The van der Waals surface area contributed by atoms with Gasteiger partial charge in [0.2, 0.25) is 0 Å². The molecule has 4 nitrogen and oxygen atoms in total. The van der Waals surface area contributed by atoms with Crippen LogP contribution in [0.15, 0.2) is 48.8 Å². The quantitative estimate of drug-likeness (QED) is 0.781. The van der Waals surface area contributed by atoms with Crippen LogP contribution in [0.1, 0.15) is 34.7 Å². The maximum absolute atomic E-state index is 13.0. The Morgan fingerprint density at radius 1 is 1.17 bits per heavy atom. The Morgan fingerprint density at radius 3 is 2.67 bits per heavy atom. The van der Waals surface area contributed by atoms with E-state index in [4.69, 9.17) is 0 Å². The molecule has 0 radical (unpaired) electrons. The van der Waals surface area contributed by atoms with Crippen molar-refractivity contribution < 1.29 is 9.18 Å². The van der Waals surface area contributed by atoms with Gasteiger partial charge in [0, 0.05) is 36.4 Å². The topological polar surface area (TPSA) is 49.0 Å². The van der Waals surface area contributed by atoms with Crippen LogP contribution in [0.5, 0.6) is 0 Å². The van der Waals surface area contributed by atoms with E-state index in [-0.39, 0.29) is 11.7 Å². The molecule has 3 aromatic rings. The average Bonchev–Trinajstić information content (AvgIpc) is 3.06. The summed E-state index contributed by atoms with van der Waals surface area (Å²) in [5.41, 5.74) is 2.75. The number of aromatic amines is 1. The number of benzene rings is 1. The fraction of sp³-hybridized carbons (Fsp3) is 0.263. The van der Waals surface area contributed by atoms with Crippen LogP contribution in [-0.2, 0) is 0 Å². The second-order valence-electron chi connectivity index (χ2n) is 6.22. The SMILES string of the molecule is O=C(c1ccc(F)cc1)N1CCC(c2c[nH]c3ncccc23)CC1. The summed E-state index contributed by atoms with van der Waals surface area (Å²) in [5, 5.41) is 1.17. The van der Waals surface area contributed by atoms with Gasteiger partial charge in [-0.15, -0.1) is 0 Å². The lowest BCUT2D eigenvalue weighted by molar-refractivity contribution is 0.0713. The first-order valence-corrected chi connectivity index (χ1v) is 8.19. The molecule has 0 spiro atoms. The van der Waals surface area contributed by atoms with Gasteiger partial charge in [-0.1, -0.05) is 0 Å². The van der Waals surface area contributed by atoms with E-state index in [9.17, 15) is 9.18 Å². The van der Waals surface area contributed by atoms with Gasteiger partial charge in [-0.2, -0.15) is 0 Å². The Morgan fingerprint density at radius 2 is 1.92 bits per heavy atom. The minimum atomic E-state index is -0.321. The number of likely N-dealkylation sites (tertiary alicyclic amines) is 1. The lowest BCUT2D eigenvalue weighted by Gasteiger charge is -2.32. The van der Waals surface area contributed by atoms with E-state index < -0.39 is 0 Å². The first-order valence-electron chi connectivity index (χ1n) is 8.19. The Balaban J connectivity index is 1.47. The van der Waals surface area contributed by atoms with Crippen molar-refractivity contribution in [3.05, 3.63) is 65.7 Å². The molecular formula is C19H18FN3O. The summed E-state index contributed by atoms with van der Waals surface area (Å²) in [6.45, 7) is 1.43. The number of hydrogen-bond donors (Lipinski definition) is 1. The highest BCUT2D eigenvalue weighted by molar-refractivity contribution is 5.94. The molecule has 0 aliphatic carbocycles. The van der Waals surface area contributed by atoms with Crippen molar-refractivity contribution in [2.24, 2.45) is 0 Å². The summed E-state index contributed by atoms with van der Waals surface area (Å²) in [6.07, 6.45) is 5.68. The maximum atomic E-state index is 13.0. The third-order valence-electron chi connectivity index (χ3n) is 4.80. The number of carbonyl (C=O) groups is 1. The largest absolute Gasteiger partial charge is 0.346 e. The lowest BCUT2D eigenvalue weighted by Crippen LogP contribution is -2.37. The number of H-pyrrole nitrogens is 1. The molecule has 4 rings (SSSR count). The third-order valence-corrected chi connectivity index (χ3v) is 4.80. The van der Waals surface area contributed by atoms with Gasteiger partial charge in [0.1, 0.15) is 11.5 Å². The first kappa shape index (κ1) is 14.9. The van der Waals surface area contributed by atoms with Gasteiger partial charge in [-0.3, -0.25) is 4.79 Å². The highest BCUT2D eigenvalue weighted by Crippen LogP contribution is 2.32. The third kappa shape index (κ3) is 2.66. The minimum Gasteiger partial charge on any atom is -0.346 e. The van der Waals surface area contributed by atoms with Crippen LogP contribution in [0.4, 0.5) is 4.39 Å². The number of nitrogens with one attached hydrogen (secondary N) is 1. The lowest BCUT2D eigenvalue weighted by atomic mass is 9.89. The molecule has 0 atom stereocenters. The Labute approximate surface area is 139 Å². The van der Waals surface area contributed by atoms with Crippen LogP contribution in [0, 0.1) is 5.82 Å². The normalized spacial score (nSPS) is 15.8. The van der Waals surface area contributed by atoms with Crippen molar-refractivity contribution in [1.29, 1.82) is 0 Å². The first-order chi connectivity index (χ1) is 11.7. The Bertz CT molecular complexity index is 864. The number of amides is 1. The molecule has 0 saturated carbocycles. The molecule has 5 heteroatoms. The minimum absolute atomic E-state index is 0.0194. The van der Waals surface area contributed by atoms with Gasteiger partial charge in [0.25, 0.3) is 5.91 Å². The molecule has 2 aromatic heterocycles. The molecule has 122 valence electrons. The Hall–Kier alpha value is -2.69. The van der Waals surface area contributed by atoms with E-state index in [1.807, 2.05) is 17.2 Å². The molecule has 1 fully saturated rings. The van der Waals surface area contributed by atoms with E-state index in [2.05, 4.69) is 16.0 Å². The number of nitrogens with zero attached hydrogens (tertiary/aromatic N) is 2. The molecule has 1 aliphatic heterocycles. The average molecular weight is 323 g/mol. The fourth-order valence-electron chi connectivity index (χ4n) is 3.48. The molecule has 1 N–H and O–H groups in total. The van der Waals surface area contributed by atoms with Crippen LogP contribution in [-0.4, -0.2) is 33.9 Å². The Kier molecular flexibility index (Phi) is 3.76. The van der Waals surface area contributed by atoms with Crippen molar-refractivity contribution in [1.82, 2.24) is 14.9 Å². The number of rotatable bonds is 2. The summed E-state index contributed by atoms with van der Waals surface area (Å²) in [4.78, 5) is 21.9. The predicted octanol–water partition coefficient (Wildman–Crippen LogP) is 3.72. The fourth-order valence-corrected chi connectivity index (χ4v) is 3.48. The number of piperidine rings is 1. The zero-order valence-corrected chi connectivity index (χ0v) is 13.2. The second kappa shape index (κ2) is 6.07. The van der Waals surface area contributed by atoms with E-state index >= 15 is 0 Å². The van der Waals surface area contributed by atoms with E-state index in [0.29, 0.717) is 24.6 Å². The van der Waals surface area contributed by atoms with E-state index in [1.165, 1.54) is 23.1 Å². The van der Waals surface area contributed by atoms with Gasteiger partial charge in [0.15, 0.2) is 0 Å². The van der Waals surface area contributed by atoms with Crippen LogP contribution >= 0.6 is 0 Å². The molecule has 0 bridgehead atoms. The number of hydrogen-bond acceptors (Lipinski definition) is 2. The molecule has 24 heavy (non-hydrogen) atoms. The predicted molar refractivity (Wildman–Crippen MR) is 90.4 cm³/mol. The van der Waals surface area contributed by atoms with Crippen molar-refractivity contribution in [2.75, 3.05) is 13.1 Å². The van der Waals surface area contributed by atoms with Gasteiger partial charge in [-0.05, 0) is 60.7 Å². The number of carbonyl (C=O) groups excluding carboxylic acids is 1. The van der Waals surface area contributed by atoms with Crippen molar-refractivity contribution in [3.8, 4) is 0 Å². The maximum Gasteiger partial charge on any atom is 0.253 e. The molecule has 0 unspecified atom stereocenters. The number of aromatic nitrogens is 2. The molecule has 3 heterocycles. The van der Waals surface area contributed by atoms with Gasteiger partial charge in [0.05, 0.1) is 0 Å². The smallest absolute Gasteiger partial charge is 0.253 e. The molecule has 1 saturated heterocycles. The van der Waals surface area contributed by atoms with Crippen LogP contribution in [0.25, 0.3) is 11.0 Å². The van der Waals surface area contributed by atoms with Gasteiger partial charge >= 0.3 is 0 Å². The number of pyridine rings is 1. The van der Waals surface area contributed by atoms with Gasteiger partial charge in [-0.25, -0.2) is 9.37 Å². The summed E-state index contributed by atoms with van der Waals surface area (Å²) >= 11 is 0. The van der Waals surface area contributed by atoms with Crippen LogP contribution < -0.4 is 0 Å². The highest BCUT2D eigenvalue weighted by Gasteiger charge is 2.26. The zero-order chi connectivity index (χ0) is 16.5. The molecule has 1 aliphatic rings. The second-order valence-corrected chi connectivity index (χ2v) is 6.22. The standard InChI is InChI=1S/C19H18FN3O/c20-15-5-3-14(4-6-15)19(24)23-10-7-13(8-11-23)17-12-22-18-16(17)2-1-9-21-18/h1-6,9,12-13H,7-8,10-11H2,(H,21,22). The monoisotopic (exact) mass is 323 g/mol. The van der Waals surface area contributed by atoms with E-state index in [0.717, 1.165) is 18.5 Å². The van der Waals surface area contributed by atoms with Crippen LogP contribution in [0.3, 0.4) is 0 Å². The van der Waals surface area contributed by atoms with Crippen molar-refractivity contribution >= 4 is 16.9 Å². The van der Waals surface area contributed by atoms with Crippen molar-refractivity contribution in [2.45, 2.75) is 18.8 Å². The summed E-state index contributed by atoms with van der Waals surface area (Å²) < 4.78 is 13.0. The summed E-state index contributed by atoms with van der Waals surface area (Å²) in [7, 11) is 0.